The molecular weight excluding hydrogens is 448 g/mol. The summed E-state index contributed by atoms with van der Waals surface area (Å²) in [6.07, 6.45) is 2.44. The molecule has 2 saturated heterocycles. The summed E-state index contributed by atoms with van der Waals surface area (Å²) in [6.45, 7) is 2.33. The number of rotatable bonds is 5. The van der Waals surface area contributed by atoms with Crippen LogP contribution in [0.3, 0.4) is 0 Å². The molecule has 0 unspecified atom stereocenters. The Morgan fingerprint density at radius 1 is 0.914 bits per heavy atom. The lowest BCUT2D eigenvalue weighted by molar-refractivity contribution is -0.139. The summed E-state index contributed by atoms with van der Waals surface area (Å²) in [5, 5.41) is 0. The van der Waals surface area contributed by atoms with Crippen molar-refractivity contribution in [2.24, 2.45) is 23.7 Å². The molecule has 0 N–H and O–H groups in total. The van der Waals surface area contributed by atoms with Crippen LogP contribution in [0.25, 0.3) is 0 Å². The number of methoxy groups -OCH3 is 1. The highest BCUT2D eigenvalue weighted by molar-refractivity contribution is 6.22. The number of fused-ring (bicyclic) bond motifs is 1. The lowest BCUT2D eigenvalue weighted by Crippen LogP contribution is -2.31. The van der Waals surface area contributed by atoms with E-state index in [9.17, 15) is 19.2 Å². The van der Waals surface area contributed by atoms with Crippen molar-refractivity contribution in [1.82, 2.24) is 0 Å². The summed E-state index contributed by atoms with van der Waals surface area (Å²) in [4.78, 5) is 54.3. The van der Waals surface area contributed by atoms with Gasteiger partial charge in [-0.3, -0.25) is 19.2 Å². The van der Waals surface area contributed by atoms with E-state index >= 15 is 0 Å². The van der Waals surface area contributed by atoms with Gasteiger partial charge in [-0.05, 0) is 61.6 Å². The maximum absolute atomic E-state index is 13.0. The Labute approximate surface area is 203 Å². The van der Waals surface area contributed by atoms with Gasteiger partial charge in [-0.1, -0.05) is 13.0 Å². The molecule has 4 atom stereocenters. The van der Waals surface area contributed by atoms with Crippen molar-refractivity contribution in [3.63, 3.8) is 0 Å². The third kappa shape index (κ3) is 4.29. The Bertz CT molecular complexity index is 1180. The number of nitrogens with zero attached hydrogens (tertiary/aromatic N) is 2. The largest absolute Gasteiger partial charge is 0.497 e. The Kier molecular flexibility index (Phi) is 6.05. The first-order valence-electron chi connectivity index (χ1n) is 12.0. The van der Waals surface area contributed by atoms with Crippen molar-refractivity contribution in [2.45, 2.75) is 32.6 Å². The van der Waals surface area contributed by atoms with Crippen molar-refractivity contribution < 1.29 is 28.7 Å². The molecule has 0 radical (unpaired) electrons. The molecule has 2 aliphatic heterocycles. The fourth-order valence-corrected chi connectivity index (χ4v) is 5.41. The molecule has 1 saturated carbocycles. The number of anilines is 2. The van der Waals surface area contributed by atoms with Crippen molar-refractivity contribution in [2.75, 3.05) is 23.5 Å². The van der Waals surface area contributed by atoms with Crippen LogP contribution in [-0.2, 0) is 19.2 Å². The number of amides is 3. The summed E-state index contributed by atoms with van der Waals surface area (Å²) in [6, 6.07) is 13.6. The number of hydrogen-bond donors (Lipinski definition) is 0. The zero-order valence-electron chi connectivity index (χ0n) is 19.8. The fraction of sp³-hybridized carbons (Fsp3) is 0.407. The quantitative estimate of drug-likeness (QED) is 0.372. The van der Waals surface area contributed by atoms with Crippen LogP contribution >= 0.6 is 0 Å². The smallest absolute Gasteiger partial charge is 0.316 e. The van der Waals surface area contributed by atoms with Crippen LogP contribution < -0.4 is 19.3 Å². The molecule has 2 aromatic carbocycles. The van der Waals surface area contributed by atoms with E-state index in [-0.39, 0.29) is 48.3 Å². The first-order chi connectivity index (χ1) is 16.9. The molecule has 2 heterocycles. The first-order valence-corrected chi connectivity index (χ1v) is 12.0. The predicted molar refractivity (Wildman–Crippen MR) is 128 cm³/mol. The highest BCUT2D eigenvalue weighted by Crippen LogP contribution is 2.42. The Balaban J connectivity index is 1.27. The van der Waals surface area contributed by atoms with Crippen LogP contribution in [0.1, 0.15) is 32.6 Å². The first kappa shape index (κ1) is 23.1. The van der Waals surface area contributed by atoms with Crippen LogP contribution in [0.2, 0.25) is 0 Å². The van der Waals surface area contributed by atoms with Gasteiger partial charge in [-0.25, -0.2) is 4.90 Å². The van der Waals surface area contributed by atoms with E-state index in [1.165, 1.54) is 4.90 Å². The van der Waals surface area contributed by atoms with Gasteiger partial charge < -0.3 is 14.4 Å². The molecule has 182 valence electrons. The summed E-state index contributed by atoms with van der Waals surface area (Å²) < 4.78 is 10.7. The summed E-state index contributed by atoms with van der Waals surface area (Å²) >= 11 is 0. The van der Waals surface area contributed by atoms with E-state index < -0.39 is 11.9 Å². The van der Waals surface area contributed by atoms with E-state index in [1.807, 2.05) is 0 Å². The monoisotopic (exact) mass is 476 g/mol. The Morgan fingerprint density at radius 2 is 1.66 bits per heavy atom. The molecule has 8 heteroatoms. The highest BCUT2D eigenvalue weighted by Gasteiger charge is 2.50. The Morgan fingerprint density at radius 3 is 2.40 bits per heavy atom. The van der Waals surface area contributed by atoms with Crippen molar-refractivity contribution in [1.29, 1.82) is 0 Å². The lowest BCUT2D eigenvalue weighted by Gasteiger charge is -2.25. The number of ether oxygens (including phenoxy) is 2. The second-order valence-electron chi connectivity index (χ2n) is 9.66. The van der Waals surface area contributed by atoms with Gasteiger partial charge >= 0.3 is 5.97 Å². The van der Waals surface area contributed by atoms with Crippen LogP contribution in [0.4, 0.5) is 11.4 Å². The van der Waals surface area contributed by atoms with E-state index in [0.29, 0.717) is 23.0 Å². The predicted octanol–water partition coefficient (Wildman–Crippen LogP) is 3.58. The van der Waals surface area contributed by atoms with Crippen molar-refractivity contribution >= 4 is 35.1 Å². The molecule has 1 aliphatic carbocycles. The summed E-state index contributed by atoms with van der Waals surface area (Å²) in [7, 11) is 1.57. The van der Waals surface area contributed by atoms with Crippen molar-refractivity contribution in [3.05, 3.63) is 48.5 Å². The van der Waals surface area contributed by atoms with Crippen LogP contribution in [-0.4, -0.2) is 37.3 Å². The molecule has 2 aromatic rings. The average Bonchev–Trinajstić information content (AvgIpc) is 3.36. The zero-order valence-corrected chi connectivity index (χ0v) is 19.8. The van der Waals surface area contributed by atoms with Gasteiger partial charge in [0.2, 0.25) is 17.7 Å². The van der Waals surface area contributed by atoms with E-state index in [4.69, 9.17) is 9.47 Å². The van der Waals surface area contributed by atoms with E-state index in [1.54, 1.807) is 60.5 Å². The van der Waals surface area contributed by atoms with E-state index in [0.717, 1.165) is 19.3 Å². The minimum atomic E-state index is -0.618. The molecule has 0 bridgehead atoms. The van der Waals surface area contributed by atoms with Crippen LogP contribution in [0.15, 0.2) is 48.5 Å². The van der Waals surface area contributed by atoms with Crippen molar-refractivity contribution in [3.8, 4) is 11.5 Å². The number of benzene rings is 2. The number of hydrogen-bond acceptors (Lipinski definition) is 6. The van der Waals surface area contributed by atoms with Gasteiger partial charge in [0.1, 0.15) is 11.5 Å². The minimum absolute atomic E-state index is 0.0508. The summed E-state index contributed by atoms with van der Waals surface area (Å²) in [5.41, 5.74) is 1.10. The normalized spacial score (nSPS) is 26.2. The average molecular weight is 477 g/mol. The molecule has 3 aliphatic rings. The lowest BCUT2D eigenvalue weighted by atomic mass is 9.76. The van der Waals surface area contributed by atoms with Gasteiger partial charge in [0.25, 0.3) is 0 Å². The van der Waals surface area contributed by atoms with Gasteiger partial charge in [0.15, 0.2) is 0 Å². The maximum atomic E-state index is 13.0. The number of esters is 1. The van der Waals surface area contributed by atoms with Gasteiger partial charge in [0.05, 0.1) is 30.6 Å². The molecule has 5 rings (SSSR count). The molecule has 3 fully saturated rings. The standard InChI is InChI=1S/C27H28N2O6/c1-16-6-11-22-23(12-16)26(32)29(25(22)31)19-4-3-5-21(14-19)35-27(33)17-13-24(30)28(15-17)18-7-9-20(34-2)10-8-18/h3-5,7-10,14,16-17,22-23H,6,11-13,15H2,1-2H3/t16-,17+,22-,23+/m0/s1. The third-order valence-electron chi connectivity index (χ3n) is 7.32. The van der Waals surface area contributed by atoms with Crippen LogP contribution in [0.5, 0.6) is 11.5 Å². The Hall–Kier alpha value is -3.68. The summed E-state index contributed by atoms with van der Waals surface area (Å²) in [5.74, 6) is -0.835. The number of carbonyl (C=O) groups excluding carboxylic acids is 4. The number of carbonyl (C=O) groups is 4. The van der Waals surface area contributed by atoms with Gasteiger partial charge in [-0.2, -0.15) is 0 Å². The second-order valence-corrected chi connectivity index (χ2v) is 9.66. The highest BCUT2D eigenvalue weighted by atomic mass is 16.5. The second kappa shape index (κ2) is 9.17. The molecule has 0 aromatic heterocycles. The minimum Gasteiger partial charge on any atom is -0.497 e. The SMILES string of the molecule is COc1ccc(N2C[C@H](C(=O)Oc3cccc(N4C(=O)[C@H]5CC[C@H](C)C[C@H]5C4=O)c3)CC2=O)cc1. The molecular formula is C27H28N2O6. The number of imide groups is 1. The maximum Gasteiger partial charge on any atom is 0.316 e. The third-order valence-corrected chi connectivity index (χ3v) is 7.32. The topological polar surface area (TPSA) is 93.2 Å². The zero-order chi connectivity index (χ0) is 24.7. The fourth-order valence-electron chi connectivity index (χ4n) is 5.41. The molecule has 8 nitrogen and oxygen atoms in total. The molecule has 0 spiro atoms. The molecule has 3 amide bonds. The van der Waals surface area contributed by atoms with Gasteiger partial charge in [-0.15, -0.1) is 0 Å². The van der Waals surface area contributed by atoms with E-state index in [2.05, 4.69) is 6.92 Å². The van der Waals surface area contributed by atoms with Gasteiger partial charge in [0, 0.05) is 24.7 Å². The molecule has 35 heavy (non-hydrogen) atoms. The van der Waals surface area contributed by atoms with Crippen LogP contribution in [0, 0.1) is 23.7 Å².